The first-order valence-corrected chi connectivity index (χ1v) is 9.54. The fraction of sp³-hybridized carbons (Fsp3) is 0.409. The maximum atomic E-state index is 12.9. The third-order valence-corrected chi connectivity index (χ3v) is 6.10. The number of carbonyl (C=O) groups excluding carboxylic acids is 3. The van der Waals surface area contributed by atoms with E-state index in [0.29, 0.717) is 24.0 Å². The largest absolute Gasteiger partial charge is 0.504 e. The summed E-state index contributed by atoms with van der Waals surface area (Å²) in [5, 5.41) is 41.8. The molecule has 0 saturated carbocycles. The Bertz CT molecular complexity index is 1010. The van der Waals surface area contributed by atoms with Crippen LogP contribution in [-0.2, 0) is 9.59 Å². The first kappa shape index (κ1) is 20.6. The summed E-state index contributed by atoms with van der Waals surface area (Å²) in [6.45, 7) is 6.96. The number of ketones is 2. The molecule has 1 aromatic rings. The van der Waals surface area contributed by atoms with E-state index in [4.69, 9.17) is 0 Å². The summed E-state index contributed by atoms with van der Waals surface area (Å²) in [7, 11) is 0. The highest BCUT2D eigenvalue weighted by Gasteiger charge is 2.41. The quantitative estimate of drug-likeness (QED) is 0.345. The van der Waals surface area contributed by atoms with Crippen LogP contribution in [0.1, 0.15) is 79.4 Å². The van der Waals surface area contributed by atoms with E-state index in [1.54, 1.807) is 0 Å². The second kappa shape index (κ2) is 7.06. The van der Waals surface area contributed by atoms with Crippen molar-refractivity contribution >= 4 is 23.4 Å². The minimum Gasteiger partial charge on any atom is -0.504 e. The molecule has 0 heterocycles. The molecule has 0 spiro atoms. The van der Waals surface area contributed by atoms with Crippen molar-refractivity contribution in [2.75, 3.05) is 0 Å². The van der Waals surface area contributed by atoms with Crippen molar-refractivity contribution in [3.8, 4) is 11.5 Å². The molecule has 3 rings (SSSR count). The molecule has 2 aliphatic carbocycles. The number of fused-ring (bicyclic) bond motifs is 1. The molecule has 0 fully saturated rings. The van der Waals surface area contributed by atoms with Crippen LogP contribution in [0.5, 0.6) is 11.5 Å². The van der Waals surface area contributed by atoms with Crippen LogP contribution in [0.3, 0.4) is 0 Å². The van der Waals surface area contributed by atoms with Crippen LogP contribution in [0.25, 0.3) is 5.57 Å². The highest BCUT2D eigenvalue weighted by Crippen LogP contribution is 2.53. The Morgan fingerprint density at radius 1 is 0.931 bits per heavy atom. The minimum atomic E-state index is -1.00. The molecule has 0 unspecified atom stereocenters. The maximum Gasteiger partial charge on any atom is 0.232 e. The van der Waals surface area contributed by atoms with Crippen LogP contribution in [0.15, 0.2) is 17.1 Å². The normalized spacial score (nSPS) is 22.4. The zero-order chi connectivity index (χ0) is 21.8. The van der Waals surface area contributed by atoms with Gasteiger partial charge in [0.25, 0.3) is 0 Å². The first-order valence-electron chi connectivity index (χ1n) is 9.54. The van der Waals surface area contributed by atoms with Gasteiger partial charge in [-0.3, -0.25) is 14.4 Å². The van der Waals surface area contributed by atoms with Crippen molar-refractivity contribution in [2.24, 2.45) is 5.92 Å². The number of phenolic OH excluding ortho intramolecular Hbond substituents is 2. The number of aldehydes is 1. The predicted molar refractivity (Wildman–Crippen MR) is 105 cm³/mol. The Labute approximate surface area is 168 Å². The van der Waals surface area contributed by atoms with Gasteiger partial charge in [-0.15, -0.1) is 0 Å². The highest BCUT2D eigenvalue weighted by atomic mass is 16.3. The van der Waals surface area contributed by atoms with Gasteiger partial charge in [0.15, 0.2) is 29.3 Å². The van der Waals surface area contributed by atoms with Crippen LogP contribution < -0.4 is 0 Å². The number of allylic oxidation sites excluding steroid dienone is 2. The number of carbonyl (C=O) groups is 3. The van der Waals surface area contributed by atoms with Crippen LogP contribution in [0.4, 0.5) is 0 Å². The van der Waals surface area contributed by atoms with E-state index >= 15 is 0 Å². The summed E-state index contributed by atoms with van der Waals surface area (Å²) in [5.74, 6) is -5.12. The van der Waals surface area contributed by atoms with Gasteiger partial charge < -0.3 is 20.4 Å². The van der Waals surface area contributed by atoms with Crippen molar-refractivity contribution in [2.45, 2.75) is 52.4 Å². The van der Waals surface area contributed by atoms with Gasteiger partial charge in [0.1, 0.15) is 0 Å². The van der Waals surface area contributed by atoms with E-state index < -0.39 is 45.7 Å². The summed E-state index contributed by atoms with van der Waals surface area (Å²) >= 11 is 0. The summed E-state index contributed by atoms with van der Waals surface area (Å²) in [4.78, 5) is 37.1. The fourth-order valence-corrected chi connectivity index (χ4v) is 4.46. The number of hydrogen-bond acceptors (Lipinski definition) is 7. The summed E-state index contributed by atoms with van der Waals surface area (Å²) < 4.78 is 0. The summed E-state index contributed by atoms with van der Waals surface area (Å²) in [6.07, 6.45) is 1.69. The molecule has 0 aromatic heterocycles. The summed E-state index contributed by atoms with van der Waals surface area (Å²) in [6, 6.07) is 0. The summed E-state index contributed by atoms with van der Waals surface area (Å²) in [5.41, 5.74) is -0.465. The van der Waals surface area contributed by atoms with Gasteiger partial charge in [-0.1, -0.05) is 20.8 Å². The second-order valence-corrected chi connectivity index (χ2v) is 8.12. The molecule has 0 amide bonds. The topological polar surface area (TPSA) is 132 Å². The van der Waals surface area contributed by atoms with Gasteiger partial charge >= 0.3 is 0 Å². The van der Waals surface area contributed by atoms with Gasteiger partial charge in [0, 0.05) is 16.7 Å². The average molecular weight is 400 g/mol. The zero-order valence-electron chi connectivity index (χ0n) is 16.7. The third-order valence-electron chi connectivity index (χ3n) is 6.10. The number of benzene rings is 1. The van der Waals surface area contributed by atoms with Gasteiger partial charge in [-0.25, -0.2) is 0 Å². The number of Topliss-reactive ketones (excluding diaryl/α,β-unsaturated/α-hetero) is 2. The fourth-order valence-electron chi connectivity index (χ4n) is 4.46. The molecule has 154 valence electrons. The van der Waals surface area contributed by atoms with Gasteiger partial charge in [0.05, 0.1) is 11.1 Å². The lowest BCUT2D eigenvalue weighted by molar-refractivity contribution is -0.118. The van der Waals surface area contributed by atoms with Crippen LogP contribution >= 0.6 is 0 Å². The Balaban J connectivity index is 2.52. The van der Waals surface area contributed by atoms with Crippen molar-refractivity contribution in [3.63, 3.8) is 0 Å². The molecule has 29 heavy (non-hydrogen) atoms. The molecule has 2 aliphatic rings. The molecule has 0 bridgehead atoms. The molecule has 7 heteroatoms. The van der Waals surface area contributed by atoms with E-state index in [0.717, 1.165) is 0 Å². The number of aliphatic hydroxyl groups excluding tert-OH is 2. The molecular formula is C22H24O7. The number of phenols is 2. The lowest BCUT2D eigenvalue weighted by atomic mass is 9.68. The molecular weight excluding hydrogens is 376 g/mol. The van der Waals surface area contributed by atoms with E-state index in [-0.39, 0.29) is 35.2 Å². The molecule has 7 nitrogen and oxygen atoms in total. The number of aromatic hydroxyl groups is 2. The standard InChI is InChI=1S/C22H24O7/c1-8(2)11-6-5-9(3)13-14(11)15(12(7-23)19(26)20(13)27)16-21(28)17(24)10(4)18(25)22(16)29/h7-9,11,24,26-27,29H,5-6H2,1-4H3/t9-,11+/m0/s1. The first-order chi connectivity index (χ1) is 13.5. The Morgan fingerprint density at radius 2 is 1.55 bits per heavy atom. The molecule has 4 N–H and O–H groups in total. The van der Waals surface area contributed by atoms with Crippen molar-refractivity contribution < 1.29 is 34.8 Å². The van der Waals surface area contributed by atoms with Crippen LogP contribution in [0, 0.1) is 5.92 Å². The Kier molecular flexibility index (Phi) is 5.03. The average Bonchev–Trinajstić information content (AvgIpc) is 2.68. The smallest absolute Gasteiger partial charge is 0.232 e. The zero-order valence-corrected chi connectivity index (χ0v) is 16.7. The highest BCUT2D eigenvalue weighted by molar-refractivity contribution is 6.38. The van der Waals surface area contributed by atoms with Gasteiger partial charge in [0.2, 0.25) is 11.6 Å². The lowest BCUT2D eigenvalue weighted by Gasteiger charge is -2.36. The van der Waals surface area contributed by atoms with E-state index in [1.165, 1.54) is 6.92 Å². The van der Waals surface area contributed by atoms with Crippen LogP contribution in [-0.4, -0.2) is 38.3 Å². The third kappa shape index (κ3) is 2.84. The monoisotopic (exact) mass is 400 g/mol. The van der Waals surface area contributed by atoms with Crippen LogP contribution in [0.2, 0.25) is 0 Å². The SMILES string of the molecule is CC1=C(O)C(=O)C(c2c(C=O)c(O)c(O)c3c2[C@@H](C(C)C)CC[C@@H]3C)=C(O)C1=O. The lowest BCUT2D eigenvalue weighted by Crippen LogP contribution is -2.26. The van der Waals surface area contributed by atoms with E-state index in [2.05, 4.69) is 0 Å². The van der Waals surface area contributed by atoms with E-state index in [1.807, 2.05) is 20.8 Å². The molecule has 1 aromatic carbocycles. The van der Waals surface area contributed by atoms with Crippen molar-refractivity contribution in [1.29, 1.82) is 0 Å². The minimum absolute atomic E-state index is 0.0476. The van der Waals surface area contributed by atoms with Gasteiger partial charge in [-0.2, -0.15) is 0 Å². The number of aliphatic hydroxyl groups is 2. The van der Waals surface area contributed by atoms with Gasteiger partial charge in [-0.05, 0) is 43.1 Å². The number of rotatable bonds is 3. The Hall–Kier alpha value is -3.09. The number of hydrogen-bond donors (Lipinski definition) is 4. The molecule has 2 atom stereocenters. The van der Waals surface area contributed by atoms with E-state index in [9.17, 15) is 34.8 Å². The molecule has 0 saturated heterocycles. The molecule has 0 aliphatic heterocycles. The predicted octanol–water partition coefficient (Wildman–Crippen LogP) is 3.80. The maximum absolute atomic E-state index is 12.9. The second-order valence-electron chi connectivity index (χ2n) is 8.12. The van der Waals surface area contributed by atoms with Crippen molar-refractivity contribution in [1.82, 2.24) is 0 Å². The van der Waals surface area contributed by atoms with Crippen molar-refractivity contribution in [3.05, 3.63) is 39.3 Å². The molecule has 0 radical (unpaired) electrons. The Morgan fingerprint density at radius 3 is 2.10 bits per heavy atom.